The van der Waals surface area contributed by atoms with Crippen LogP contribution in [0.1, 0.15) is 60.8 Å². The van der Waals surface area contributed by atoms with Crippen LogP contribution in [0.4, 0.5) is 9.59 Å². The Hall–Kier alpha value is -1.55. The fraction of sp³-hybridized carbons (Fsp3) is 0.900. The zero-order chi connectivity index (χ0) is 22.7. The molecule has 1 unspecified atom stereocenters. The van der Waals surface area contributed by atoms with Crippen LogP contribution >= 0.6 is 0 Å². The summed E-state index contributed by atoms with van der Waals surface area (Å²) in [6, 6.07) is -0.460. The highest BCUT2D eigenvalue weighted by molar-refractivity contribution is 7.89. The summed E-state index contributed by atoms with van der Waals surface area (Å²) < 4.78 is 37.8. The molecular weight excluding hydrogens is 410 g/mol. The van der Waals surface area contributed by atoms with Gasteiger partial charge in [0.1, 0.15) is 11.2 Å². The van der Waals surface area contributed by atoms with Gasteiger partial charge >= 0.3 is 12.2 Å². The molecule has 0 N–H and O–H groups in total. The number of carbonyl (C=O) groups is 2. The van der Waals surface area contributed by atoms with E-state index in [0.717, 1.165) is 12.8 Å². The molecule has 2 aliphatic heterocycles. The number of hydrogen-bond acceptors (Lipinski definition) is 6. The molecule has 2 saturated heterocycles. The average Bonchev–Trinajstić information content (AvgIpc) is 3.12. The van der Waals surface area contributed by atoms with Gasteiger partial charge in [-0.1, -0.05) is 0 Å². The number of piperazine rings is 1. The van der Waals surface area contributed by atoms with Gasteiger partial charge in [0, 0.05) is 32.7 Å². The fourth-order valence-corrected chi connectivity index (χ4v) is 5.18. The lowest BCUT2D eigenvalue weighted by atomic mass is 10.1. The van der Waals surface area contributed by atoms with Gasteiger partial charge in [0.25, 0.3) is 0 Å². The topological polar surface area (TPSA) is 96.5 Å². The zero-order valence-electron chi connectivity index (χ0n) is 19.1. The van der Waals surface area contributed by atoms with Gasteiger partial charge in [0.2, 0.25) is 10.0 Å². The van der Waals surface area contributed by atoms with Crippen molar-refractivity contribution < 1.29 is 27.5 Å². The maximum atomic E-state index is 12.7. The minimum Gasteiger partial charge on any atom is -0.444 e. The Kier molecular flexibility index (Phi) is 7.66. The molecule has 2 amide bonds. The van der Waals surface area contributed by atoms with E-state index in [1.807, 2.05) is 0 Å². The van der Waals surface area contributed by atoms with Gasteiger partial charge in [-0.3, -0.25) is 0 Å². The van der Waals surface area contributed by atoms with Crippen molar-refractivity contribution in [2.24, 2.45) is 0 Å². The molecule has 0 aliphatic carbocycles. The normalized spacial score (nSPS) is 21.6. The Balaban J connectivity index is 2.11. The van der Waals surface area contributed by atoms with Gasteiger partial charge in [0.05, 0.1) is 11.8 Å². The van der Waals surface area contributed by atoms with Crippen LogP contribution in [0.3, 0.4) is 0 Å². The molecule has 0 radical (unpaired) electrons. The van der Waals surface area contributed by atoms with Crippen LogP contribution in [0.15, 0.2) is 0 Å². The number of amides is 2. The van der Waals surface area contributed by atoms with Crippen molar-refractivity contribution >= 4 is 22.2 Å². The van der Waals surface area contributed by atoms with Crippen molar-refractivity contribution in [2.75, 3.05) is 38.5 Å². The minimum absolute atomic E-state index is 0.0703. The quantitative estimate of drug-likeness (QED) is 0.657. The molecule has 2 fully saturated rings. The monoisotopic (exact) mass is 447 g/mol. The van der Waals surface area contributed by atoms with Gasteiger partial charge in [-0.2, -0.15) is 0 Å². The Morgan fingerprint density at radius 2 is 1.40 bits per heavy atom. The largest absolute Gasteiger partial charge is 0.444 e. The van der Waals surface area contributed by atoms with E-state index in [1.165, 1.54) is 4.31 Å². The SMILES string of the molecule is CC(C)(C)OC(=O)N1CCN(C(=O)OC(C)(C)C)C(CCS(=O)(=O)N2CCCC2)C1. The lowest BCUT2D eigenvalue weighted by molar-refractivity contribution is -0.0151. The molecular formula is C20H37N3O6S. The van der Waals surface area contributed by atoms with E-state index in [-0.39, 0.29) is 25.3 Å². The van der Waals surface area contributed by atoms with Crippen molar-refractivity contribution in [3.05, 3.63) is 0 Å². The number of rotatable bonds is 4. The van der Waals surface area contributed by atoms with E-state index >= 15 is 0 Å². The molecule has 10 heteroatoms. The third kappa shape index (κ3) is 7.30. The fourth-order valence-electron chi connectivity index (χ4n) is 3.54. The molecule has 1 atom stereocenters. The molecule has 9 nitrogen and oxygen atoms in total. The second-order valence-corrected chi connectivity index (χ2v) is 12.1. The summed E-state index contributed by atoms with van der Waals surface area (Å²) in [6.45, 7) is 12.6. The van der Waals surface area contributed by atoms with Crippen molar-refractivity contribution in [2.45, 2.75) is 78.0 Å². The molecule has 174 valence electrons. The Morgan fingerprint density at radius 3 is 1.93 bits per heavy atom. The molecule has 0 saturated carbocycles. The first kappa shape index (κ1) is 24.7. The molecule has 0 bridgehead atoms. The minimum atomic E-state index is -3.39. The maximum Gasteiger partial charge on any atom is 0.410 e. The van der Waals surface area contributed by atoms with Gasteiger partial charge in [-0.25, -0.2) is 22.3 Å². The van der Waals surface area contributed by atoms with Gasteiger partial charge in [0.15, 0.2) is 0 Å². The van der Waals surface area contributed by atoms with E-state index in [0.29, 0.717) is 19.6 Å². The Labute approximate surface area is 180 Å². The van der Waals surface area contributed by atoms with Crippen molar-refractivity contribution in [3.63, 3.8) is 0 Å². The number of nitrogens with zero attached hydrogens (tertiary/aromatic N) is 3. The first-order valence-corrected chi connectivity index (χ1v) is 12.2. The van der Waals surface area contributed by atoms with Crippen molar-refractivity contribution in [1.82, 2.24) is 14.1 Å². The molecule has 0 aromatic carbocycles. The Bertz CT molecular complexity index is 720. The van der Waals surface area contributed by atoms with E-state index in [2.05, 4.69) is 0 Å². The predicted molar refractivity (Wildman–Crippen MR) is 114 cm³/mol. The van der Waals surface area contributed by atoms with Crippen LogP contribution in [0.25, 0.3) is 0 Å². The number of ether oxygens (including phenoxy) is 2. The third-order valence-electron chi connectivity index (χ3n) is 4.93. The summed E-state index contributed by atoms with van der Waals surface area (Å²) in [5.74, 6) is -0.0703. The number of carbonyl (C=O) groups excluding carboxylic acids is 2. The van der Waals surface area contributed by atoms with Crippen LogP contribution in [-0.2, 0) is 19.5 Å². The lowest BCUT2D eigenvalue weighted by Gasteiger charge is -2.42. The molecule has 30 heavy (non-hydrogen) atoms. The molecule has 0 aromatic rings. The first-order valence-electron chi connectivity index (χ1n) is 10.6. The van der Waals surface area contributed by atoms with E-state index in [1.54, 1.807) is 51.3 Å². The summed E-state index contributed by atoms with van der Waals surface area (Å²) in [7, 11) is -3.39. The van der Waals surface area contributed by atoms with Gasteiger partial charge in [-0.05, 0) is 60.8 Å². The van der Waals surface area contributed by atoms with Gasteiger partial charge in [-0.15, -0.1) is 0 Å². The first-order chi connectivity index (χ1) is 13.7. The zero-order valence-corrected chi connectivity index (χ0v) is 20.0. The maximum absolute atomic E-state index is 12.7. The van der Waals surface area contributed by atoms with E-state index < -0.39 is 39.5 Å². The molecule has 2 aliphatic rings. The van der Waals surface area contributed by atoms with Crippen LogP contribution in [0.5, 0.6) is 0 Å². The van der Waals surface area contributed by atoms with Crippen LogP contribution in [-0.4, -0.2) is 90.4 Å². The van der Waals surface area contributed by atoms with Crippen LogP contribution in [0, 0.1) is 0 Å². The highest BCUT2D eigenvalue weighted by atomic mass is 32.2. The molecule has 0 spiro atoms. The standard InChI is InChI=1S/C20H37N3O6S/c1-19(2,3)28-17(24)21-12-13-23(18(25)29-20(4,5)6)16(15-21)9-14-30(26,27)22-10-7-8-11-22/h16H,7-15H2,1-6H3. The highest BCUT2D eigenvalue weighted by Crippen LogP contribution is 2.22. The van der Waals surface area contributed by atoms with E-state index in [9.17, 15) is 18.0 Å². The Morgan fingerprint density at radius 1 is 0.867 bits per heavy atom. The summed E-state index contributed by atoms with van der Waals surface area (Å²) in [6.07, 6.45) is 1.03. The van der Waals surface area contributed by atoms with Crippen LogP contribution in [0.2, 0.25) is 0 Å². The molecule has 2 heterocycles. The summed E-state index contributed by atoms with van der Waals surface area (Å²) in [5.41, 5.74) is -1.29. The molecule has 2 rings (SSSR count). The predicted octanol–water partition coefficient (Wildman–Crippen LogP) is 2.66. The van der Waals surface area contributed by atoms with Crippen LogP contribution < -0.4 is 0 Å². The summed E-state index contributed by atoms with van der Waals surface area (Å²) >= 11 is 0. The number of sulfonamides is 1. The number of hydrogen-bond donors (Lipinski definition) is 0. The summed E-state index contributed by atoms with van der Waals surface area (Å²) in [5, 5.41) is 0. The van der Waals surface area contributed by atoms with E-state index in [4.69, 9.17) is 9.47 Å². The molecule has 0 aromatic heterocycles. The third-order valence-corrected chi connectivity index (χ3v) is 6.83. The van der Waals surface area contributed by atoms with Crippen molar-refractivity contribution in [1.29, 1.82) is 0 Å². The van der Waals surface area contributed by atoms with Gasteiger partial charge < -0.3 is 19.3 Å². The second kappa shape index (κ2) is 9.30. The smallest absolute Gasteiger partial charge is 0.410 e. The summed E-state index contributed by atoms with van der Waals surface area (Å²) in [4.78, 5) is 28.3. The second-order valence-electron chi connectivity index (χ2n) is 9.96. The lowest BCUT2D eigenvalue weighted by Crippen LogP contribution is -2.58. The highest BCUT2D eigenvalue weighted by Gasteiger charge is 2.37. The average molecular weight is 448 g/mol. The van der Waals surface area contributed by atoms with Crippen molar-refractivity contribution in [3.8, 4) is 0 Å².